The van der Waals surface area contributed by atoms with Crippen LogP contribution in [0.5, 0.6) is 11.5 Å². The summed E-state index contributed by atoms with van der Waals surface area (Å²) in [6, 6.07) is 6.82. The number of rotatable bonds is 7. The van der Waals surface area contributed by atoms with E-state index in [2.05, 4.69) is 16.0 Å². The number of nitrogens with two attached hydrogens (primary N) is 2. The number of carbonyl (C=O) groups is 3. The van der Waals surface area contributed by atoms with Gasteiger partial charge in [0, 0.05) is 26.5 Å². The van der Waals surface area contributed by atoms with Gasteiger partial charge in [-0.15, -0.1) is 0 Å². The molecule has 1 aliphatic heterocycles. The summed E-state index contributed by atoms with van der Waals surface area (Å²) in [5, 5.41) is 29.0. The van der Waals surface area contributed by atoms with E-state index in [0.29, 0.717) is 29.7 Å². The minimum atomic E-state index is -1.04. The van der Waals surface area contributed by atoms with Crippen molar-refractivity contribution in [3.05, 3.63) is 47.5 Å². The van der Waals surface area contributed by atoms with E-state index in [4.69, 9.17) is 16.2 Å². The molecular formula is C26H35N5O6. The standard InChI is InChI=1S/C26H35N5O6/c1-37-10-9-29-25(35)21-14-18-12-16(5-7-23(18)33)15-4-6-22(32)17(11-15)13-19(28)24(34)30-20(3-2-8-27)26(36)31-21/h4-7,11-12,19-21,32-33H,2-3,8-10,13-14,27-28H2,1H3,(H,29,35)(H,30,34)(H,31,36)/t19-,20-,21-/m0/s1. The van der Waals surface area contributed by atoms with Crippen LogP contribution in [0.25, 0.3) is 11.1 Å². The van der Waals surface area contributed by atoms with Gasteiger partial charge in [0.2, 0.25) is 17.7 Å². The van der Waals surface area contributed by atoms with Gasteiger partial charge in [0.1, 0.15) is 23.6 Å². The number of ether oxygens (including phenoxy) is 1. The minimum absolute atomic E-state index is 0.00770. The molecule has 11 heteroatoms. The van der Waals surface area contributed by atoms with Crippen molar-refractivity contribution in [1.82, 2.24) is 16.0 Å². The minimum Gasteiger partial charge on any atom is -0.508 e. The average Bonchev–Trinajstić information content (AvgIpc) is 2.88. The number of amides is 3. The van der Waals surface area contributed by atoms with Crippen LogP contribution in [-0.2, 0) is 32.0 Å². The molecule has 0 fully saturated rings. The second-order valence-electron chi connectivity index (χ2n) is 9.04. The van der Waals surface area contributed by atoms with Crippen molar-refractivity contribution < 1.29 is 29.3 Å². The Hall–Kier alpha value is -3.67. The number of hydrogen-bond donors (Lipinski definition) is 7. The molecule has 200 valence electrons. The molecule has 0 saturated carbocycles. The highest BCUT2D eigenvalue weighted by Gasteiger charge is 2.29. The van der Waals surface area contributed by atoms with Crippen LogP contribution in [0.3, 0.4) is 0 Å². The molecule has 0 unspecified atom stereocenters. The largest absolute Gasteiger partial charge is 0.508 e. The van der Waals surface area contributed by atoms with Gasteiger partial charge in [-0.3, -0.25) is 14.4 Å². The molecular weight excluding hydrogens is 478 g/mol. The lowest BCUT2D eigenvalue weighted by atomic mass is 9.95. The van der Waals surface area contributed by atoms with Gasteiger partial charge in [-0.25, -0.2) is 0 Å². The summed E-state index contributed by atoms with van der Waals surface area (Å²) in [5.41, 5.74) is 14.1. The summed E-state index contributed by atoms with van der Waals surface area (Å²) in [6.07, 6.45) is 0.711. The molecule has 9 N–H and O–H groups in total. The number of hydrogen-bond acceptors (Lipinski definition) is 8. The lowest BCUT2D eigenvalue weighted by Crippen LogP contribution is -2.56. The Morgan fingerprint density at radius 1 is 1.03 bits per heavy atom. The van der Waals surface area contributed by atoms with Crippen molar-refractivity contribution in [2.45, 2.75) is 43.8 Å². The zero-order valence-corrected chi connectivity index (χ0v) is 20.8. The average molecular weight is 514 g/mol. The molecule has 0 saturated heterocycles. The maximum absolute atomic E-state index is 13.3. The number of phenols is 2. The molecule has 2 aromatic carbocycles. The fourth-order valence-corrected chi connectivity index (χ4v) is 4.16. The Labute approximate surface area is 215 Å². The Morgan fingerprint density at radius 3 is 2.24 bits per heavy atom. The van der Waals surface area contributed by atoms with Gasteiger partial charge in [-0.2, -0.15) is 0 Å². The van der Waals surface area contributed by atoms with E-state index in [1.165, 1.54) is 19.2 Å². The Kier molecular flexibility index (Phi) is 9.84. The molecule has 37 heavy (non-hydrogen) atoms. The smallest absolute Gasteiger partial charge is 0.243 e. The van der Waals surface area contributed by atoms with Crippen molar-refractivity contribution in [3.8, 4) is 22.6 Å². The zero-order valence-electron chi connectivity index (χ0n) is 20.8. The third kappa shape index (κ3) is 7.42. The number of carbonyl (C=O) groups excluding carboxylic acids is 3. The summed E-state index contributed by atoms with van der Waals surface area (Å²) >= 11 is 0. The second kappa shape index (κ2) is 13.0. The lowest BCUT2D eigenvalue weighted by molar-refractivity contribution is -0.132. The van der Waals surface area contributed by atoms with Crippen LogP contribution in [-0.4, -0.2) is 72.9 Å². The molecule has 0 aliphatic carbocycles. The topological polar surface area (TPSA) is 189 Å². The van der Waals surface area contributed by atoms with E-state index in [1.807, 2.05) is 0 Å². The van der Waals surface area contributed by atoms with E-state index < -0.39 is 35.8 Å². The fraction of sp³-hybridized carbons (Fsp3) is 0.423. The monoisotopic (exact) mass is 513 g/mol. The summed E-state index contributed by atoms with van der Waals surface area (Å²) < 4.78 is 4.99. The van der Waals surface area contributed by atoms with Gasteiger partial charge in [0.05, 0.1) is 12.6 Å². The summed E-state index contributed by atoms with van der Waals surface area (Å²) in [5.74, 6) is -1.66. The molecule has 0 radical (unpaired) electrons. The SMILES string of the molecule is COCCNC(=O)[C@@H]1Cc2cc(ccc2O)-c2ccc(O)c(c2)C[C@H](N)C(=O)N[C@@H](CCCN)C(=O)N1. The second-order valence-corrected chi connectivity index (χ2v) is 9.04. The van der Waals surface area contributed by atoms with Crippen LogP contribution in [0.2, 0.25) is 0 Å². The first kappa shape index (κ1) is 27.9. The van der Waals surface area contributed by atoms with Gasteiger partial charge in [-0.05, 0) is 65.9 Å². The highest BCUT2D eigenvalue weighted by Crippen LogP contribution is 2.30. The quantitative estimate of drug-likeness (QED) is 0.245. The first-order valence-electron chi connectivity index (χ1n) is 12.2. The van der Waals surface area contributed by atoms with Crippen LogP contribution < -0.4 is 27.4 Å². The first-order valence-corrected chi connectivity index (χ1v) is 12.2. The normalized spacial score (nSPS) is 20.2. The Morgan fingerprint density at radius 2 is 1.65 bits per heavy atom. The van der Waals surface area contributed by atoms with Crippen molar-refractivity contribution in [2.24, 2.45) is 11.5 Å². The van der Waals surface area contributed by atoms with E-state index in [0.717, 1.165) is 5.56 Å². The summed E-state index contributed by atoms with van der Waals surface area (Å²) in [6.45, 7) is 0.809. The van der Waals surface area contributed by atoms with Gasteiger partial charge in [0.15, 0.2) is 0 Å². The molecule has 1 heterocycles. The predicted molar refractivity (Wildman–Crippen MR) is 138 cm³/mol. The van der Waals surface area contributed by atoms with Gasteiger partial charge in [-0.1, -0.05) is 12.1 Å². The Balaban J connectivity index is 2.06. The number of benzene rings is 2. The summed E-state index contributed by atoms with van der Waals surface area (Å²) in [4.78, 5) is 39.2. The van der Waals surface area contributed by atoms with Gasteiger partial charge in [0.25, 0.3) is 0 Å². The van der Waals surface area contributed by atoms with Crippen molar-refractivity contribution in [2.75, 3.05) is 26.8 Å². The maximum Gasteiger partial charge on any atom is 0.243 e. The van der Waals surface area contributed by atoms with Crippen LogP contribution in [0.4, 0.5) is 0 Å². The molecule has 3 atom stereocenters. The maximum atomic E-state index is 13.3. The number of methoxy groups -OCH3 is 1. The third-order valence-electron chi connectivity index (χ3n) is 6.26. The molecule has 1 aliphatic rings. The number of phenolic OH excluding ortho intramolecular Hbond substituents is 2. The van der Waals surface area contributed by atoms with Crippen molar-refractivity contribution >= 4 is 17.7 Å². The first-order chi connectivity index (χ1) is 17.7. The molecule has 3 rings (SSSR count). The molecule has 0 spiro atoms. The van der Waals surface area contributed by atoms with E-state index >= 15 is 0 Å². The molecule has 2 aromatic rings. The predicted octanol–water partition coefficient (Wildman–Crippen LogP) is -0.338. The van der Waals surface area contributed by atoms with Crippen molar-refractivity contribution in [3.63, 3.8) is 0 Å². The van der Waals surface area contributed by atoms with E-state index in [9.17, 15) is 24.6 Å². The third-order valence-corrected chi connectivity index (χ3v) is 6.26. The number of nitrogens with one attached hydrogen (secondary N) is 3. The summed E-state index contributed by atoms with van der Waals surface area (Å²) in [7, 11) is 1.51. The van der Waals surface area contributed by atoms with Crippen LogP contribution in [0.15, 0.2) is 36.4 Å². The molecule has 11 nitrogen and oxygen atoms in total. The highest BCUT2D eigenvalue weighted by molar-refractivity contribution is 5.93. The van der Waals surface area contributed by atoms with Crippen LogP contribution in [0.1, 0.15) is 24.0 Å². The van der Waals surface area contributed by atoms with Gasteiger partial charge >= 0.3 is 0 Å². The molecule has 4 bridgehead atoms. The Bertz CT molecular complexity index is 1120. The highest BCUT2D eigenvalue weighted by atomic mass is 16.5. The fourth-order valence-electron chi connectivity index (χ4n) is 4.16. The van der Waals surface area contributed by atoms with E-state index in [-0.39, 0.29) is 43.9 Å². The lowest BCUT2D eigenvalue weighted by Gasteiger charge is -2.24. The van der Waals surface area contributed by atoms with Crippen molar-refractivity contribution in [1.29, 1.82) is 0 Å². The van der Waals surface area contributed by atoms with E-state index in [1.54, 1.807) is 24.3 Å². The van der Waals surface area contributed by atoms with Crippen LogP contribution in [0, 0.1) is 0 Å². The number of aromatic hydroxyl groups is 2. The molecule has 3 amide bonds. The van der Waals surface area contributed by atoms with Crippen LogP contribution >= 0.6 is 0 Å². The number of fused-ring (bicyclic) bond motifs is 5. The van der Waals surface area contributed by atoms with Gasteiger partial charge < -0.3 is 42.4 Å². The molecule has 0 aromatic heterocycles. The zero-order chi connectivity index (χ0) is 26.9.